The van der Waals surface area contributed by atoms with Crippen LogP contribution in [0.5, 0.6) is 0 Å². The maximum atomic E-state index is 12.5. The second-order valence-corrected chi connectivity index (χ2v) is 7.03. The molecule has 0 aliphatic heterocycles. The highest BCUT2D eigenvalue weighted by atomic mass is 16.4. The smallest absolute Gasteiger partial charge is 0.326 e. The average Bonchev–Trinajstić information content (AvgIpc) is 3.16. The largest absolute Gasteiger partial charge is 0.480 e. The molecule has 0 bridgehead atoms. The van der Waals surface area contributed by atoms with Gasteiger partial charge in [-0.15, -0.1) is 0 Å². The van der Waals surface area contributed by atoms with E-state index in [0.717, 1.165) is 16.5 Å². The minimum atomic E-state index is -1.11. The first-order chi connectivity index (χ1) is 14.5. The van der Waals surface area contributed by atoms with E-state index in [9.17, 15) is 19.5 Å². The van der Waals surface area contributed by atoms with Gasteiger partial charge in [0.15, 0.2) is 0 Å². The summed E-state index contributed by atoms with van der Waals surface area (Å²) in [6.07, 6.45) is 3.28. The molecule has 2 aromatic heterocycles. The first-order valence-electron chi connectivity index (χ1n) is 9.54. The Kier molecular flexibility index (Phi) is 5.30. The van der Waals surface area contributed by atoms with Crippen molar-refractivity contribution in [1.29, 1.82) is 0 Å². The third-order valence-corrected chi connectivity index (χ3v) is 5.04. The first-order valence-corrected chi connectivity index (χ1v) is 9.54. The summed E-state index contributed by atoms with van der Waals surface area (Å²) in [5.41, 5.74) is 2.08. The van der Waals surface area contributed by atoms with Crippen molar-refractivity contribution in [2.75, 3.05) is 0 Å². The quantitative estimate of drug-likeness (QED) is 0.436. The van der Waals surface area contributed by atoms with Crippen LogP contribution in [0.15, 0.2) is 65.8 Å². The highest BCUT2D eigenvalue weighted by molar-refractivity contribution is 5.86. The number of para-hydroxylation sites is 2. The molecule has 2 aromatic carbocycles. The molecule has 0 aliphatic carbocycles. The number of carbonyl (C=O) groups is 2. The summed E-state index contributed by atoms with van der Waals surface area (Å²) >= 11 is 0. The van der Waals surface area contributed by atoms with E-state index in [1.54, 1.807) is 30.5 Å². The van der Waals surface area contributed by atoms with Crippen LogP contribution in [0.4, 0.5) is 0 Å². The molecule has 152 valence electrons. The Hall–Kier alpha value is -3.94. The molecule has 3 N–H and O–H groups in total. The van der Waals surface area contributed by atoms with Gasteiger partial charge in [0.1, 0.15) is 6.04 Å². The summed E-state index contributed by atoms with van der Waals surface area (Å²) in [5.74, 6) is -1.56. The number of aromatic amines is 1. The molecule has 0 spiro atoms. The van der Waals surface area contributed by atoms with E-state index in [1.807, 2.05) is 24.3 Å². The molecule has 0 saturated heterocycles. The van der Waals surface area contributed by atoms with Crippen molar-refractivity contribution in [2.45, 2.75) is 25.4 Å². The summed E-state index contributed by atoms with van der Waals surface area (Å²) in [7, 11) is 0. The molecular weight excluding hydrogens is 384 g/mol. The van der Waals surface area contributed by atoms with Gasteiger partial charge in [-0.1, -0.05) is 30.3 Å². The van der Waals surface area contributed by atoms with E-state index >= 15 is 0 Å². The van der Waals surface area contributed by atoms with Gasteiger partial charge >= 0.3 is 5.97 Å². The monoisotopic (exact) mass is 404 g/mol. The van der Waals surface area contributed by atoms with Crippen LogP contribution in [0.2, 0.25) is 0 Å². The number of aromatic nitrogens is 3. The number of hydrogen-bond donors (Lipinski definition) is 3. The van der Waals surface area contributed by atoms with Gasteiger partial charge < -0.3 is 15.4 Å². The third kappa shape index (κ3) is 3.93. The lowest BCUT2D eigenvalue weighted by molar-refractivity contribution is -0.141. The molecule has 8 nitrogen and oxygen atoms in total. The van der Waals surface area contributed by atoms with Crippen molar-refractivity contribution in [1.82, 2.24) is 19.9 Å². The molecule has 4 aromatic rings. The predicted molar refractivity (Wildman–Crippen MR) is 112 cm³/mol. The molecule has 0 saturated carbocycles. The number of carbonyl (C=O) groups excluding carboxylic acids is 1. The van der Waals surface area contributed by atoms with Gasteiger partial charge in [0.2, 0.25) is 5.91 Å². The summed E-state index contributed by atoms with van der Waals surface area (Å²) in [5, 5.41) is 13.5. The van der Waals surface area contributed by atoms with Crippen molar-refractivity contribution < 1.29 is 14.7 Å². The second-order valence-electron chi connectivity index (χ2n) is 7.03. The number of benzene rings is 2. The number of aliphatic carboxylic acids is 1. The van der Waals surface area contributed by atoms with E-state index in [2.05, 4.69) is 15.3 Å². The topological polar surface area (TPSA) is 117 Å². The molecular formula is C22H20N4O4. The maximum absolute atomic E-state index is 12.5. The number of carboxylic acids is 1. The van der Waals surface area contributed by atoms with E-state index < -0.39 is 17.9 Å². The van der Waals surface area contributed by atoms with Crippen LogP contribution in [0.25, 0.3) is 21.8 Å². The number of carboxylic acid groups (broad SMARTS) is 1. The fraction of sp³-hybridized carbons (Fsp3) is 0.182. The molecule has 4 rings (SSSR count). The Morgan fingerprint density at radius 1 is 1.10 bits per heavy atom. The van der Waals surface area contributed by atoms with Gasteiger partial charge in [0.05, 0.1) is 17.2 Å². The Morgan fingerprint density at radius 2 is 1.83 bits per heavy atom. The number of amides is 1. The van der Waals surface area contributed by atoms with Crippen LogP contribution in [0.3, 0.4) is 0 Å². The molecule has 2 heterocycles. The normalized spacial score (nSPS) is 12.1. The zero-order valence-corrected chi connectivity index (χ0v) is 16.0. The summed E-state index contributed by atoms with van der Waals surface area (Å²) < 4.78 is 1.36. The van der Waals surface area contributed by atoms with Crippen molar-refractivity contribution in [2.24, 2.45) is 0 Å². The lowest BCUT2D eigenvalue weighted by atomic mass is 10.0. The SMILES string of the molecule is O=C(CCn1cnc2ccccc2c1=O)N[C@@H](Cc1c[nH]c2ccccc12)C(=O)O. The second kappa shape index (κ2) is 8.20. The van der Waals surface area contributed by atoms with Gasteiger partial charge in [0.25, 0.3) is 5.56 Å². The van der Waals surface area contributed by atoms with Gasteiger partial charge in [-0.2, -0.15) is 0 Å². The number of rotatable bonds is 7. The van der Waals surface area contributed by atoms with Crippen LogP contribution in [0, 0.1) is 0 Å². The molecule has 0 aliphatic rings. The lowest BCUT2D eigenvalue weighted by Gasteiger charge is -2.14. The summed E-state index contributed by atoms with van der Waals surface area (Å²) in [6, 6.07) is 13.5. The number of nitrogens with zero attached hydrogens (tertiary/aromatic N) is 2. The lowest BCUT2D eigenvalue weighted by Crippen LogP contribution is -2.42. The van der Waals surface area contributed by atoms with Gasteiger partial charge in [0, 0.05) is 36.5 Å². The minimum absolute atomic E-state index is 0.0302. The van der Waals surface area contributed by atoms with Gasteiger partial charge in [-0.05, 0) is 23.8 Å². The fourth-order valence-electron chi connectivity index (χ4n) is 3.47. The van der Waals surface area contributed by atoms with E-state index in [4.69, 9.17) is 0 Å². The number of aryl methyl sites for hydroxylation is 1. The maximum Gasteiger partial charge on any atom is 0.326 e. The molecule has 8 heteroatoms. The summed E-state index contributed by atoms with van der Waals surface area (Å²) in [4.78, 5) is 43.9. The van der Waals surface area contributed by atoms with E-state index in [0.29, 0.717) is 10.9 Å². The standard InChI is InChI=1S/C22H20N4O4/c27-20(9-10-26-13-24-18-8-4-2-6-16(18)21(26)28)25-19(22(29)30)11-14-12-23-17-7-3-1-5-15(14)17/h1-8,12-13,19,23H,9-11H2,(H,25,27)(H,29,30)/t19-/m0/s1. The van der Waals surface area contributed by atoms with Crippen LogP contribution in [-0.2, 0) is 22.6 Å². The highest BCUT2D eigenvalue weighted by Gasteiger charge is 2.22. The Bertz CT molecular complexity index is 1290. The van der Waals surface area contributed by atoms with Crippen molar-refractivity contribution in [3.05, 3.63) is 77.0 Å². The Balaban J connectivity index is 1.43. The predicted octanol–water partition coefficient (Wildman–Crippen LogP) is 2.08. The minimum Gasteiger partial charge on any atom is -0.480 e. The zero-order chi connectivity index (χ0) is 21.1. The number of fused-ring (bicyclic) bond motifs is 2. The number of nitrogens with one attached hydrogen (secondary N) is 2. The molecule has 0 unspecified atom stereocenters. The first kappa shape index (κ1) is 19.4. The van der Waals surface area contributed by atoms with Crippen LogP contribution in [-0.4, -0.2) is 37.6 Å². The molecule has 1 amide bonds. The Labute approximate surface area is 171 Å². The third-order valence-electron chi connectivity index (χ3n) is 5.04. The zero-order valence-electron chi connectivity index (χ0n) is 16.0. The van der Waals surface area contributed by atoms with Crippen LogP contribution < -0.4 is 10.9 Å². The van der Waals surface area contributed by atoms with E-state index in [1.165, 1.54) is 10.9 Å². The van der Waals surface area contributed by atoms with Crippen molar-refractivity contribution >= 4 is 33.7 Å². The number of hydrogen-bond acceptors (Lipinski definition) is 4. The van der Waals surface area contributed by atoms with Gasteiger partial charge in [-0.3, -0.25) is 14.2 Å². The van der Waals surface area contributed by atoms with Gasteiger partial charge in [-0.25, -0.2) is 9.78 Å². The van der Waals surface area contributed by atoms with Crippen molar-refractivity contribution in [3.8, 4) is 0 Å². The van der Waals surface area contributed by atoms with E-state index in [-0.39, 0.29) is 24.9 Å². The Morgan fingerprint density at radius 3 is 2.63 bits per heavy atom. The highest BCUT2D eigenvalue weighted by Crippen LogP contribution is 2.19. The van der Waals surface area contributed by atoms with Crippen LogP contribution in [0.1, 0.15) is 12.0 Å². The average molecular weight is 404 g/mol. The molecule has 0 radical (unpaired) electrons. The molecule has 1 atom stereocenters. The summed E-state index contributed by atoms with van der Waals surface area (Å²) in [6.45, 7) is 0.113. The fourth-order valence-corrected chi connectivity index (χ4v) is 3.47. The van der Waals surface area contributed by atoms with Crippen molar-refractivity contribution in [3.63, 3.8) is 0 Å². The number of H-pyrrole nitrogens is 1. The van der Waals surface area contributed by atoms with Crippen LogP contribution >= 0.6 is 0 Å². The molecule has 30 heavy (non-hydrogen) atoms. The molecule has 0 fully saturated rings.